The Balaban J connectivity index is 1.21. The second-order valence-corrected chi connectivity index (χ2v) is 26.3. The number of benzene rings is 8. The van der Waals surface area contributed by atoms with Gasteiger partial charge in [0.1, 0.15) is 5.58 Å². The fraction of sp³-hybridized carbons (Fsp3) is 0.314. The largest absolute Gasteiger partial charge is 0.454 e. The lowest BCUT2D eigenvalue weighted by atomic mass is 9.33. The molecule has 0 amide bonds. The summed E-state index contributed by atoms with van der Waals surface area (Å²) in [6.07, 6.45) is 4.71. The van der Waals surface area contributed by atoms with Crippen molar-refractivity contribution in [1.29, 1.82) is 0 Å². The van der Waals surface area contributed by atoms with E-state index in [-0.39, 0.29) is 33.9 Å². The monoisotopic (exact) mass is 982 g/mol. The highest BCUT2D eigenvalue weighted by atomic mass is 16.3. The van der Waals surface area contributed by atoms with Gasteiger partial charge < -0.3 is 19.1 Å². The Morgan fingerprint density at radius 2 is 1.05 bits per heavy atom. The van der Waals surface area contributed by atoms with Crippen LogP contribution in [0.5, 0.6) is 0 Å². The molecule has 9 aromatic rings. The first kappa shape index (κ1) is 47.7. The molecule has 4 heterocycles. The fourth-order valence-electron chi connectivity index (χ4n) is 14.3. The number of hydrogen-bond donors (Lipinski definition) is 0. The Hall–Kier alpha value is -6.98. The molecule has 0 N–H and O–H groups in total. The van der Waals surface area contributed by atoms with Crippen LogP contribution in [-0.4, -0.2) is 12.3 Å². The van der Waals surface area contributed by atoms with Crippen molar-refractivity contribution in [2.75, 3.05) is 14.7 Å². The molecule has 1 aromatic heterocycles. The van der Waals surface area contributed by atoms with Gasteiger partial charge in [0, 0.05) is 55.9 Å². The van der Waals surface area contributed by atoms with Gasteiger partial charge in [-0.05, 0) is 160 Å². The molecule has 0 saturated heterocycles. The number of nitrogens with zero attached hydrogens (tertiary/aromatic N) is 3. The summed E-state index contributed by atoms with van der Waals surface area (Å²) in [6, 6.07) is 58.7. The van der Waals surface area contributed by atoms with E-state index in [1.807, 2.05) is 0 Å². The molecular weight excluding hydrogens is 910 g/mol. The molecule has 1 saturated carbocycles. The van der Waals surface area contributed by atoms with Gasteiger partial charge in [-0.1, -0.05) is 179 Å². The summed E-state index contributed by atoms with van der Waals surface area (Å²) in [5.74, 6) is 0. The van der Waals surface area contributed by atoms with Crippen molar-refractivity contribution in [3.8, 4) is 11.1 Å². The molecule has 5 heteroatoms. The maximum Gasteiger partial charge on any atom is 0.252 e. The molecule has 1 fully saturated rings. The topological polar surface area (TPSA) is 22.9 Å². The van der Waals surface area contributed by atoms with Crippen molar-refractivity contribution in [2.45, 2.75) is 143 Å². The third-order valence-corrected chi connectivity index (χ3v) is 18.4. The van der Waals surface area contributed by atoms with E-state index < -0.39 is 0 Å². The van der Waals surface area contributed by atoms with Crippen molar-refractivity contribution in [1.82, 2.24) is 0 Å². The van der Waals surface area contributed by atoms with E-state index in [0.29, 0.717) is 0 Å². The molecule has 0 spiro atoms. The third-order valence-electron chi connectivity index (χ3n) is 18.4. The summed E-state index contributed by atoms with van der Waals surface area (Å²) in [4.78, 5) is 8.10. The van der Waals surface area contributed by atoms with Gasteiger partial charge in [0.05, 0.1) is 16.9 Å². The van der Waals surface area contributed by atoms with E-state index in [1.165, 1.54) is 114 Å². The zero-order valence-corrected chi connectivity index (χ0v) is 46.6. The van der Waals surface area contributed by atoms with Crippen molar-refractivity contribution < 1.29 is 4.42 Å². The lowest BCUT2D eigenvalue weighted by Gasteiger charge is -2.51. The summed E-state index contributed by atoms with van der Waals surface area (Å²) < 4.78 is 7.09. The van der Waals surface area contributed by atoms with Crippen LogP contribution in [-0.2, 0) is 21.7 Å². The molecule has 0 radical (unpaired) electrons. The van der Waals surface area contributed by atoms with Crippen LogP contribution < -0.4 is 31.1 Å². The van der Waals surface area contributed by atoms with Gasteiger partial charge >= 0.3 is 0 Å². The zero-order chi connectivity index (χ0) is 52.3. The summed E-state index contributed by atoms with van der Waals surface area (Å²) in [6.45, 7) is 30.9. The molecule has 0 bridgehead atoms. The van der Waals surface area contributed by atoms with Crippen molar-refractivity contribution in [3.05, 3.63) is 185 Å². The molecular formula is C70H72BN3O. The molecule has 4 nitrogen and oxygen atoms in total. The number of furan rings is 1. The van der Waals surface area contributed by atoms with Crippen molar-refractivity contribution >= 4 is 90.5 Å². The number of fused-ring (bicyclic) bond motifs is 10. The summed E-state index contributed by atoms with van der Waals surface area (Å²) in [7, 11) is 0. The van der Waals surface area contributed by atoms with Crippen molar-refractivity contribution in [2.24, 2.45) is 0 Å². The van der Waals surface area contributed by atoms with E-state index in [1.54, 1.807) is 0 Å². The Labute approximate surface area is 446 Å². The average molecular weight is 982 g/mol. The van der Waals surface area contributed by atoms with Gasteiger partial charge in [0.25, 0.3) is 6.71 Å². The van der Waals surface area contributed by atoms with E-state index in [0.717, 1.165) is 40.5 Å². The lowest BCUT2D eigenvalue weighted by molar-refractivity contribution is 0.194. The van der Waals surface area contributed by atoms with Crippen LogP contribution in [0.25, 0.3) is 33.1 Å². The highest BCUT2D eigenvalue weighted by Crippen LogP contribution is 2.63. The van der Waals surface area contributed by atoms with E-state index >= 15 is 0 Å². The van der Waals surface area contributed by atoms with E-state index in [9.17, 15) is 0 Å². The predicted octanol–water partition coefficient (Wildman–Crippen LogP) is 17.6. The highest BCUT2D eigenvalue weighted by molar-refractivity contribution is 7.00. The van der Waals surface area contributed by atoms with Gasteiger partial charge in [-0.3, -0.25) is 0 Å². The maximum absolute atomic E-state index is 7.09. The number of hydrogen-bond acceptors (Lipinski definition) is 4. The van der Waals surface area contributed by atoms with Gasteiger partial charge in [0.2, 0.25) is 0 Å². The Kier molecular flexibility index (Phi) is 10.3. The molecule has 8 aromatic carbocycles. The first-order valence-corrected chi connectivity index (χ1v) is 27.7. The third kappa shape index (κ3) is 7.01. The van der Waals surface area contributed by atoms with Crippen LogP contribution in [0.1, 0.15) is 135 Å². The summed E-state index contributed by atoms with van der Waals surface area (Å²) in [5.41, 5.74) is 25.6. The van der Waals surface area contributed by atoms with Crippen LogP contribution in [0.15, 0.2) is 156 Å². The second kappa shape index (κ2) is 16.3. The molecule has 1 aliphatic carbocycles. The lowest BCUT2D eigenvalue weighted by Crippen LogP contribution is -2.62. The quantitative estimate of drug-likeness (QED) is 0.164. The molecule has 2 atom stereocenters. The first-order chi connectivity index (χ1) is 35.7. The minimum absolute atomic E-state index is 0.0392. The van der Waals surface area contributed by atoms with E-state index in [2.05, 4.69) is 256 Å². The normalized spacial score (nSPS) is 19.1. The van der Waals surface area contributed by atoms with Gasteiger partial charge in [-0.2, -0.15) is 0 Å². The molecule has 3 aliphatic heterocycles. The van der Waals surface area contributed by atoms with Gasteiger partial charge in [-0.15, -0.1) is 0 Å². The minimum Gasteiger partial charge on any atom is -0.454 e. The van der Waals surface area contributed by atoms with Crippen LogP contribution >= 0.6 is 0 Å². The molecule has 2 unspecified atom stereocenters. The standard InChI is InChI=1S/C70H72BN3O/c1-43-36-44(2)63-59(37-43)74(70(13)35-20-19-34-69(63,70)12)49-41-60-64-61(42-49)73(58-26-21-25-51-50-24-17-18-27-62(50)75-65(51)58)57-33-30-48(68(9,10)11)40-54(57)71(64)53-39-47(67(6,7)8)29-32-56(53)72(60)55-31-28-46(66(3,4)5)38-52(55)45-22-15-14-16-23-45/h14-18,21-33,36-42H,19-20,34-35H2,1-13H3. The van der Waals surface area contributed by atoms with Gasteiger partial charge in [-0.25, -0.2) is 0 Å². The molecule has 13 rings (SSSR count). The minimum atomic E-state index is -0.174. The summed E-state index contributed by atoms with van der Waals surface area (Å²) in [5, 5.41) is 2.26. The van der Waals surface area contributed by atoms with E-state index in [4.69, 9.17) is 4.42 Å². The number of para-hydroxylation sites is 2. The smallest absolute Gasteiger partial charge is 0.252 e. The summed E-state index contributed by atoms with van der Waals surface area (Å²) >= 11 is 0. The average Bonchev–Trinajstić information content (AvgIpc) is 3.87. The van der Waals surface area contributed by atoms with Crippen LogP contribution in [0.2, 0.25) is 0 Å². The SMILES string of the molecule is Cc1cc(C)c2c(c1)N(c1cc3c4c(c1)N(c1cccc5c1oc1ccccc15)c1ccc(C(C)(C)C)cc1B4c1cc(C(C)(C)C)ccc1N3c1ccc(C(C)(C)C)cc1-c1ccccc1)C1(C)CCCCC21C. The Morgan fingerprint density at radius 3 is 1.69 bits per heavy atom. The van der Waals surface area contributed by atoms with Crippen LogP contribution in [0.3, 0.4) is 0 Å². The fourth-order valence-corrected chi connectivity index (χ4v) is 14.3. The molecule has 4 aliphatic rings. The number of rotatable bonds is 4. The van der Waals surface area contributed by atoms with Gasteiger partial charge in [0.15, 0.2) is 5.58 Å². The Bertz CT molecular complexity index is 3820. The number of anilines is 8. The second-order valence-electron chi connectivity index (χ2n) is 26.3. The van der Waals surface area contributed by atoms with Crippen LogP contribution in [0, 0.1) is 13.8 Å². The number of aryl methyl sites for hydroxylation is 2. The maximum atomic E-state index is 7.09. The Morgan fingerprint density at radius 1 is 0.493 bits per heavy atom. The first-order valence-electron chi connectivity index (χ1n) is 27.7. The molecule has 75 heavy (non-hydrogen) atoms. The van der Waals surface area contributed by atoms with Crippen LogP contribution in [0.4, 0.5) is 45.5 Å². The zero-order valence-electron chi connectivity index (χ0n) is 46.6. The molecule has 376 valence electrons. The van der Waals surface area contributed by atoms with Crippen molar-refractivity contribution in [3.63, 3.8) is 0 Å². The predicted molar refractivity (Wildman–Crippen MR) is 322 cm³/mol. The highest BCUT2D eigenvalue weighted by Gasteiger charge is 2.59.